The molecule has 2 aliphatic rings. The van der Waals surface area contributed by atoms with E-state index in [-0.39, 0.29) is 18.0 Å². The van der Waals surface area contributed by atoms with Crippen LogP contribution in [0.5, 0.6) is 0 Å². The molecule has 0 aromatic heterocycles. The summed E-state index contributed by atoms with van der Waals surface area (Å²) in [6.07, 6.45) is 0.321. The molecular formula is C12H13N3O4. The number of nitrogens with zero attached hydrogens (tertiary/aromatic N) is 2. The molecule has 0 unspecified atom stereocenters. The number of hydrogen-bond acceptors (Lipinski definition) is 5. The summed E-state index contributed by atoms with van der Waals surface area (Å²) < 4.78 is 0. The standard InChI is InChI=1S/C12H13N3O4/c16-8-1-2-14(6-8)10-5-9-7(4-12(17)13-9)3-11(10)15(18)19/h3,5,8,16H,1-2,4,6H2,(H,13,17)/t8-/m0/s1. The summed E-state index contributed by atoms with van der Waals surface area (Å²) >= 11 is 0. The van der Waals surface area contributed by atoms with Gasteiger partial charge >= 0.3 is 0 Å². The van der Waals surface area contributed by atoms with E-state index in [0.717, 1.165) is 0 Å². The summed E-state index contributed by atoms with van der Waals surface area (Å²) in [7, 11) is 0. The van der Waals surface area contributed by atoms with Crippen LogP contribution in [0.15, 0.2) is 12.1 Å². The second-order valence-electron chi connectivity index (χ2n) is 4.87. The zero-order chi connectivity index (χ0) is 13.6. The number of carbonyl (C=O) groups excluding carboxylic acids is 1. The minimum atomic E-state index is -0.456. The highest BCUT2D eigenvalue weighted by molar-refractivity contribution is 6.00. The third kappa shape index (κ3) is 2.01. The highest BCUT2D eigenvalue weighted by Gasteiger charge is 2.30. The average Bonchev–Trinajstić information content (AvgIpc) is 2.91. The molecule has 2 N–H and O–H groups in total. The van der Waals surface area contributed by atoms with Crippen molar-refractivity contribution in [2.75, 3.05) is 23.3 Å². The molecule has 1 fully saturated rings. The smallest absolute Gasteiger partial charge is 0.292 e. The summed E-state index contributed by atoms with van der Waals surface area (Å²) in [6.45, 7) is 0.961. The van der Waals surface area contributed by atoms with Crippen molar-refractivity contribution in [2.45, 2.75) is 18.9 Å². The third-order valence-electron chi connectivity index (χ3n) is 3.53. The predicted molar refractivity (Wildman–Crippen MR) is 68.3 cm³/mol. The number of nitro groups is 1. The number of benzene rings is 1. The molecule has 0 radical (unpaired) electrons. The highest BCUT2D eigenvalue weighted by Crippen LogP contribution is 2.37. The number of carbonyl (C=O) groups is 1. The predicted octanol–water partition coefficient (Wildman–Crippen LogP) is 0.660. The summed E-state index contributed by atoms with van der Waals surface area (Å²) in [5.41, 5.74) is 1.74. The van der Waals surface area contributed by atoms with Gasteiger partial charge in [0.05, 0.1) is 17.4 Å². The van der Waals surface area contributed by atoms with Crippen molar-refractivity contribution in [3.8, 4) is 0 Å². The van der Waals surface area contributed by atoms with Gasteiger partial charge in [-0.05, 0) is 18.1 Å². The van der Waals surface area contributed by atoms with Gasteiger partial charge in [-0.15, -0.1) is 0 Å². The monoisotopic (exact) mass is 263 g/mol. The van der Waals surface area contributed by atoms with E-state index in [2.05, 4.69) is 5.32 Å². The number of rotatable bonds is 2. The number of amides is 1. The van der Waals surface area contributed by atoms with Crippen LogP contribution < -0.4 is 10.2 Å². The Hall–Kier alpha value is -2.15. The Kier molecular flexibility index (Phi) is 2.63. The molecule has 19 heavy (non-hydrogen) atoms. The van der Waals surface area contributed by atoms with Crippen LogP contribution in [-0.4, -0.2) is 35.1 Å². The lowest BCUT2D eigenvalue weighted by molar-refractivity contribution is -0.384. The molecular weight excluding hydrogens is 250 g/mol. The summed E-state index contributed by atoms with van der Waals surface area (Å²) in [5, 5.41) is 23.4. The zero-order valence-corrected chi connectivity index (χ0v) is 10.1. The number of β-amino-alcohol motifs (C(OH)–C–C–N with tert-alkyl or cyclic N) is 1. The van der Waals surface area contributed by atoms with Crippen molar-refractivity contribution in [1.29, 1.82) is 0 Å². The fourth-order valence-electron chi connectivity index (χ4n) is 2.61. The number of anilines is 2. The van der Waals surface area contributed by atoms with Crippen molar-refractivity contribution >= 4 is 23.0 Å². The Bertz CT molecular complexity index is 572. The molecule has 1 aromatic carbocycles. The van der Waals surface area contributed by atoms with Crippen LogP contribution >= 0.6 is 0 Å². The quantitative estimate of drug-likeness (QED) is 0.603. The number of hydrogen-bond donors (Lipinski definition) is 2. The van der Waals surface area contributed by atoms with E-state index in [1.807, 2.05) is 0 Å². The molecule has 7 heteroatoms. The van der Waals surface area contributed by atoms with Crippen LogP contribution in [0.25, 0.3) is 0 Å². The Morgan fingerprint density at radius 2 is 2.26 bits per heavy atom. The molecule has 0 spiro atoms. The lowest BCUT2D eigenvalue weighted by Gasteiger charge is -2.18. The van der Waals surface area contributed by atoms with Crippen molar-refractivity contribution in [1.82, 2.24) is 0 Å². The van der Waals surface area contributed by atoms with Gasteiger partial charge in [0.1, 0.15) is 5.69 Å². The van der Waals surface area contributed by atoms with Gasteiger partial charge in [-0.25, -0.2) is 0 Å². The maximum Gasteiger partial charge on any atom is 0.292 e. The van der Waals surface area contributed by atoms with Crippen LogP contribution in [-0.2, 0) is 11.2 Å². The van der Waals surface area contributed by atoms with Gasteiger partial charge in [0.15, 0.2) is 0 Å². The minimum Gasteiger partial charge on any atom is -0.391 e. The third-order valence-corrected chi connectivity index (χ3v) is 3.53. The van der Waals surface area contributed by atoms with Crippen LogP contribution in [0, 0.1) is 10.1 Å². The molecule has 1 saturated heterocycles. The Balaban J connectivity index is 2.05. The largest absolute Gasteiger partial charge is 0.391 e. The normalized spacial score (nSPS) is 21.4. The zero-order valence-electron chi connectivity index (χ0n) is 10.1. The molecule has 7 nitrogen and oxygen atoms in total. The van der Waals surface area contributed by atoms with E-state index >= 15 is 0 Å². The molecule has 0 saturated carbocycles. The fraction of sp³-hybridized carbons (Fsp3) is 0.417. The summed E-state index contributed by atoms with van der Waals surface area (Å²) in [5.74, 6) is -0.150. The van der Waals surface area contributed by atoms with Crippen molar-refractivity contribution in [2.24, 2.45) is 0 Å². The maximum absolute atomic E-state index is 11.3. The Labute approximate surface area is 109 Å². The highest BCUT2D eigenvalue weighted by atomic mass is 16.6. The second kappa shape index (κ2) is 4.20. The molecule has 2 heterocycles. The first kappa shape index (κ1) is 11.9. The number of fused-ring (bicyclic) bond motifs is 1. The first-order chi connectivity index (χ1) is 9.04. The van der Waals surface area contributed by atoms with Crippen LogP contribution in [0.4, 0.5) is 17.1 Å². The number of aliphatic hydroxyl groups is 1. The molecule has 3 rings (SSSR count). The number of aliphatic hydroxyl groups excluding tert-OH is 1. The van der Waals surface area contributed by atoms with Gasteiger partial charge < -0.3 is 15.3 Å². The molecule has 0 aliphatic carbocycles. The van der Waals surface area contributed by atoms with Gasteiger partial charge in [-0.3, -0.25) is 14.9 Å². The molecule has 100 valence electrons. The number of nitrogens with one attached hydrogen (secondary N) is 1. The van der Waals surface area contributed by atoms with E-state index in [0.29, 0.717) is 36.4 Å². The van der Waals surface area contributed by atoms with Gasteiger partial charge in [0.2, 0.25) is 5.91 Å². The Morgan fingerprint density at radius 1 is 1.47 bits per heavy atom. The van der Waals surface area contributed by atoms with Crippen molar-refractivity contribution in [3.63, 3.8) is 0 Å². The maximum atomic E-state index is 11.3. The summed E-state index contributed by atoms with van der Waals surface area (Å²) in [4.78, 5) is 23.8. The van der Waals surface area contributed by atoms with Gasteiger partial charge in [0.25, 0.3) is 5.69 Å². The van der Waals surface area contributed by atoms with E-state index in [9.17, 15) is 20.0 Å². The van der Waals surface area contributed by atoms with E-state index in [1.54, 1.807) is 11.0 Å². The Morgan fingerprint density at radius 3 is 2.89 bits per heavy atom. The molecule has 0 bridgehead atoms. The lowest BCUT2D eigenvalue weighted by atomic mass is 10.1. The molecule has 1 atom stereocenters. The minimum absolute atomic E-state index is 0.00986. The lowest BCUT2D eigenvalue weighted by Crippen LogP contribution is -2.22. The first-order valence-corrected chi connectivity index (χ1v) is 6.09. The summed E-state index contributed by atoms with van der Waals surface area (Å²) in [6, 6.07) is 3.09. The van der Waals surface area contributed by atoms with E-state index in [4.69, 9.17) is 0 Å². The first-order valence-electron chi connectivity index (χ1n) is 6.09. The van der Waals surface area contributed by atoms with Gasteiger partial charge in [0, 0.05) is 24.8 Å². The number of nitro benzene ring substituents is 1. The van der Waals surface area contributed by atoms with Crippen LogP contribution in [0.3, 0.4) is 0 Å². The van der Waals surface area contributed by atoms with E-state index in [1.165, 1.54) is 6.07 Å². The van der Waals surface area contributed by atoms with Gasteiger partial charge in [-0.1, -0.05) is 0 Å². The fourth-order valence-corrected chi connectivity index (χ4v) is 2.61. The average molecular weight is 263 g/mol. The topological polar surface area (TPSA) is 95.7 Å². The van der Waals surface area contributed by atoms with Crippen molar-refractivity contribution < 1.29 is 14.8 Å². The molecule has 1 amide bonds. The molecule has 2 aliphatic heterocycles. The van der Waals surface area contributed by atoms with Crippen molar-refractivity contribution in [3.05, 3.63) is 27.8 Å². The van der Waals surface area contributed by atoms with Crippen LogP contribution in [0.2, 0.25) is 0 Å². The second-order valence-corrected chi connectivity index (χ2v) is 4.87. The molecule has 1 aromatic rings. The van der Waals surface area contributed by atoms with E-state index < -0.39 is 11.0 Å². The van der Waals surface area contributed by atoms with Gasteiger partial charge in [-0.2, -0.15) is 0 Å². The van der Waals surface area contributed by atoms with Crippen LogP contribution in [0.1, 0.15) is 12.0 Å². The SMILES string of the molecule is O=C1Cc2cc([N+](=O)[O-])c(N3CC[C@H](O)C3)cc2N1.